The summed E-state index contributed by atoms with van der Waals surface area (Å²) in [7, 11) is 0. The third kappa shape index (κ3) is 4.33. The molecule has 168 valence electrons. The van der Waals surface area contributed by atoms with E-state index >= 15 is 0 Å². The first-order chi connectivity index (χ1) is 15.6. The molecule has 2 amide bonds. The number of carbonyl (C=O) groups excluding carboxylic acids is 2. The molecule has 1 N–H and O–H groups in total. The maximum Gasteiger partial charge on any atom is 0.228 e. The fourth-order valence-electron chi connectivity index (χ4n) is 5.25. The number of amides is 2. The van der Waals surface area contributed by atoms with E-state index in [2.05, 4.69) is 20.2 Å². The summed E-state index contributed by atoms with van der Waals surface area (Å²) in [5.74, 6) is 1.65. The number of anilines is 1. The summed E-state index contributed by atoms with van der Waals surface area (Å²) >= 11 is 0. The van der Waals surface area contributed by atoms with Crippen LogP contribution in [0.2, 0.25) is 0 Å². The van der Waals surface area contributed by atoms with Crippen molar-refractivity contribution in [2.24, 2.45) is 17.3 Å². The summed E-state index contributed by atoms with van der Waals surface area (Å²) < 4.78 is 0. The molecule has 3 aliphatic rings. The molecule has 7 heteroatoms. The fraction of sp³-hybridized carbons (Fsp3) is 0.520. The van der Waals surface area contributed by atoms with E-state index in [-0.39, 0.29) is 17.7 Å². The van der Waals surface area contributed by atoms with Gasteiger partial charge >= 0.3 is 0 Å². The van der Waals surface area contributed by atoms with Crippen LogP contribution in [0.4, 0.5) is 5.95 Å². The van der Waals surface area contributed by atoms with Crippen molar-refractivity contribution in [1.29, 1.82) is 0 Å². The Hall–Kier alpha value is -2.96. The average molecular weight is 434 g/mol. The van der Waals surface area contributed by atoms with Gasteiger partial charge in [0, 0.05) is 51.0 Å². The maximum atomic E-state index is 13.5. The molecule has 5 rings (SSSR count). The first-order valence-corrected chi connectivity index (χ1v) is 11.8. The van der Waals surface area contributed by atoms with Crippen LogP contribution in [0.15, 0.2) is 48.8 Å². The predicted molar refractivity (Wildman–Crippen MR) is 122 cm³/mol. The largest absolute Gasteiger partial charge is 0.355 e. The van der Waals surface area contributed by atoms with Gasteiger partial charge < -0.3 is 15.1 Å². The van der Waals surface area contributed by atoms with Gasteiger partial charge in [0.2, 0.25) is 17.8 Å². The van der Waals surface area contributed by atoms with Crippen LogP contribution < -0.4 is 10.2 Å². The number of carbonyl (C=O) groups is 2. The minimum atomic E-state index is -0.504. The highest BCUT2D eigenvalue weighted by atomic mass is 16.2. The maximum absolute atomic E-state index is 13.5. The zero-order valence-corrected chi connectivity index (χ0v) is 18.4. The van der Waals surface area contributed by atoms with Gasteiger partial charge in [-0.1, -0.05) is 30.3 Å². The summed E-state index contributed by atoms with van der Waals surface area (Å²) in [4.78, 5) is 39.7. The Morgan fingerprint density at radius 1 is 1.06 bits per heavy atom. The highest BCUT2D eigenvalue weighted by molar-refractivity contribution is 5.85. The van der Waals surface area contributed by atoms with Gasteiger partial charge in [0.05, 0.1) is 11.8 Å². The van der Waals surface area contributed by atoms with Crippen LogP contribution >= 0.6 is 0 Å². The van der Waals surface area contributed by atoms with Gasteiger partial charge in [-0.25, -0.2) is 9.97 Å². The SMILES string of the molecule is O=C(Cc1ccccc1)N1CCC[C@@]2(C(=O)NCC3CC3)CN(c3ncccn3)C[C@H]2C1. The number of fused-ring (bicyclic) bond motifs is 1. The molecule has 7 nitrogen and oxygen atoms in total. The monoisotopic (exact) mass is 433 g/mol. The van der Waals surface area contributed by atoms with Crippen LogP contribution in [0.3, 0.4) is 0 Å². The van der Waals surface area contributed by atoms with Gasteiger partial charge in [0.1, 0.15) is 0 Å². The second kappa shape index (κ2) is 8.88. The molecule has 1 aliphatic carbocycles. The standard InChI is InChI=1S/C25H31N5O2/c31-22(14-19-6-2-1-3-7-19)29-13-4-10-25(23(32)28-15-20-8-9-20)18-30(17-21(25)16-29)24-26-11-5-12-27-24/h1-3,5-7,11-12,20-21H,4,8-10,13-18H2,(H,28,32)/t21-,25-/m1/s1. The van der Waals surface area contributed by atoms with Crippen LogP contribution in [0.5, 0.6) is 0 Å². The van der Waals surface area contributed by atoms with Gasteiger partial charge in [0.25, 0.3) is 0 Å². The number of nitrogens with zero attached hydrogens (tertiary/aromatic N) is 4. The second-order valence-electron chi connectivity index (χ2n) is 9.54. The molecule has 1 aromatic carbocycles. The lowest BCUT2D eigenvalue weighted by Crippen LogP contribution is -2.48. The Bertz CT molecular complexity index is 949. The summed E-state index contributed by atoms with van der Waals surface area (Å²) in [5, 5.41) is 3.25. The van der Waals surface area contributed by atoms with Crippen molar-refractivity contribution in [3.8, 4) is 0 Å². The zero-order chi connectivity index (χ0) is 22.0. The smallest absolute Gasteiger partial charge is 0.228 e. The number of likely N-dealkylation sites (tertiary alicyclic amines) is 1. The molecule has 1 saturated carbocycles. The molecule has 0 bridgehead atoms. The molecule has 0 unspecified atom stereocenters. The van der Waals surface area contributed by atoms with Gasteiger partial charge in [0.15, 0.2) is 0 Å². The molecule has 0 radical (unpaired) electrons. The Kier molecular flexibility index (Phi) is 5.81. The van der Waals surface area contributed by atoms with E-state index in [4.69, 9.17) is 0 Å². The Balaban J connectivity index is 1.36. The topological polar surface area (TPSA) is 78.4 Å². The highest BCUT2D eigenvalue weighted by Crippen LogP contribution is 2.44. The molecular weight excluding hydrogens is 402 g/mol. The van der Waals surface area contributed by atoms with Crippen LogP contribution in [0, 0.1) is 17.3 Å². The number of benzene rings is 1. The lowest BCUT2D eigenvalue weighted by molar-refractivity contribution is -0.135. The number of nitrogens with one attached hydrogen (secondary N) is 1. The van der Waals surface area contributed by atoms with Crippen molar-refractivity contribution >= 4 is 17.8 Å². The number of rotatable bonds is 6. The van der Waals surface area contributed by atoms with E-state index in [0.29, 0.717) is 44.5 Å². The van der Waals surface area contributed by atoms with E-state index in [0.717, 1.165) is 24.9 Å². The molecule has 32 heavy (non-hydrogen) atoms. The van der Waals surface area contributed by atoms with E-state index < -0.39 is 5.41 Å². The van der Waals surface area contributed by atoms with Crippen molar-refractivity contribution in [2.75, 3.05) is 37.6 Å². The Labute approximate surface area is 189 Å². The van der Waals surface area contributed by atoms with Crippen molar-refractivity contribution in [1.82, 2.24) is 20.2 Å². The number of aromatic nitrogens is 2. The zero-order valence-electron chi connectivity index (χ0n) is 18.4. The first kappa shape index (κ1) is 20.9. The lowest BCUT2D eigenvalue weighted by Gasteiger charge is -2.32. The Morgan fingerprint density at radius 3 is 2.59 bits per heavy atom. The van der Waals surface area contributed by atoms with Gasteiger partial charge in [-0.05, 0) is 43.2 Å². The fourth-order valence-corrected chi connectivity index (χ4v) is 5.25. The summed E-state index contributed by atoms with van der Waals surface area (Å²) in [5.41, 5.74) is 0.525. The molecule has 3 heterocycles. The molecule has 3 fully saturated rings. The van der Waals surface area contributed by atoms with E-state index in [1.807, 2.05) is 35.2 Å². The Morgan fingerprint density at radius 2 is 1.84 bits per heavy atom. The quantitative estimate of drug-likeness (QED) is 0.756. The van der Waals surface area contributed by atoms with Gasteiger partial charge in [-0.2, -0.15) is 0 Å². The molecular formula is C25H31N5O2. The summed E-state index contributed by atoms with van der Waals surface area (Å²) in [6, 6.07) is 11.7. The molecule has 2 aliphatic heterocycles. The number of hydrogen-bond acceptors (Lipinski definition) is 5. The van der Waals surface area contributed by atoms with Gasteiger partial charge in [-0.15, -0.1) is 0 Å². The normalized spacial score (nSPS) is 25.2. The minimum Gasteiger partial charge on any atom is -0.355 e. The van der Waals surface area contributed by atoms with Crippen molar-refractivity contribution < 1.29 is 9.59 Å². The van der Waals surface area contributed by atoms with Crippen LogP contribution in [0.1, 0.15) is 31.2 Å². The van der Waals surface area contributed by atoms with Crippen LogP contribution in [-0.2, 0) is 16.0 Å². The minimum absolute atomic E-state index is 0.0627. The third-order valence-corrected chi connectivity index (χ3v) is 7.27. The first-order valence-electron chi connectivity index (χ1n) is 11.8. The van der Waals surface area contributed by atoms with E-state index in [9.17, 15) is 9.59 Å². The highest BCUT2D eigenvalue weighted by Gasteiger charge is 2.54. The van der Waals surface area contributed by atoms with Crippen LogP contribution in [0.25, 0.3) is 0 Å². The molecule has 0 spiro atoms. The third-order valence-electron chi connectivity index (χ3n) is 7.27. The van der Waals surface area contributed by atoms with Gasteiger partial charge in [-0.3, -0.25) is 9.59 Å². The van der Waals surface area contributed by atoms with E-state index in [1.165, 1.54) is 12.8 Å². The second-order valence-corrected chi connectivity index (χ2v) is 9.54. The summed E-state index contributed by atoms with van der Waals surface area (Å²) in [6.45, 7) is 3.38. The van der Waals surface area contributed by atoms with Crippen LogP contribution in [-0.4, -0.2) is 59.4 Å². The molecule has 2 atom stereocenters. The van der Waals surface area contributed by atoms with E-state index in [1.54, 1.807) is 18.5 Å². The van der Waals surface area contributed by atoms with Crippen molar-refractivity contribution in [3.63, 3.8) is 0 Å². The predicted octanol–water partition coefficient (Wildman–Crippen LogP) is 2.29. The molecule has 2 saturated heterocycles. The summed E-state index contributed by atoms with van der Waals surface area (Å²) in [6.07, 6.45) is 7.92. The number of hydrogen-bond donors (Lipinski definition) is 1. The van der Waals surface area contributed by atoms with Crippen molar-refractivity contribution in [2.45, 2.75) is 32.1 Å². The molecule has 1 aromatic heterocycles. The van der Waals surface area contributed by atoms with Crippen molar-refractivity contribution in [3.05, 3.63) is 54.4 Å². The molecule has 2 aromatic rings. The average Bonchev–Trinajstić information content (AvgIpc) is 3.61. The lowest BCUT2D eigenvalue weighted by atomic mass is 9.74.